The molecule has 0 aliphatic rings. The molecule has 1 aromatic rings. The Kier molecular flexibility index (Phi) is 6.59. The molecule has 0 fully saturated rings. The largest absolute Gasteiger partial charge is 0.505 e. The molecule has 0 radical (unpaired) electrons. The van der Waals surface area contributed by atoms with Crippen molar-refractivity contribution in [1.29, 1.82) is 0 Å². The predicted octanol–water partition coefficient (Wildman–Crippen LogP) is 3.26. The fourth-order valence-electron chi connectivity index (χ4n) is 2.21. The third-order valence-electron chi connectivity index (χ3n) is 3.49. The summed E-state index contributed by atoms with van der Waals surface area (Å²) >= 11 is 0. The summed E-state index contributed by atoms with van der Waals surface area (Å²) in [6.45, 7) is 7.13. The smallest absolute Gasteiger partial charge is 0.165 e. The Morgan fingerprint density at radius 3 is 2.57 bits per heavy atom. The molecule has 4 heteroatoms. The van der Waals surface area contributed by atoms with Gasteiger partial charge in [0.1, 0.15) is 0 Å². The van der Waals surface area contributed by atoms with Crippen LogP contribution in [-0.2, 0) is 0 Å². The zero-order valence-electron chi connectivity index (χ0n) is 12.5. The number of allylic oxidation sites excluding steroid dienone is 1. The Morgan fingerprint density at radius 2 is 2.05 bits per heavy atom. The molecular weight excluding hydrogens is 271 g/mol. The van der Waals surface area contributed by atoms with Gasteiger partial charge in [-0.2, -0.15) is 0 Å². The van der Waals surface area contributed by atoms with E-state index in [-0.39, 0.29) is 11.7 Å². The molecule has 3 N–H and O–H groups in total. The maximum atomic E-state index is 13.2. The van der Waals surface area contributed by atoms with Crippen LogP contribution in [0.2, 0.25) is 0 Å². The molecule has 0 aliphatic carbocycles. The summed E-state index contributed by atoms with van der Waals surface area (Å²) in [5.41, 5.74) is 1.64. The monoisotopic (exact) mass is 294 g/mol. The van der Waals surface area contributed by atoms with E-state index in [2.05, 4.69) is 6.58 Å². The van der Waals surface area contributed by atoms with Crippen LogP contribution in [0, 0.1) is 11.7 Å². The van der Waals surface area contributed by atoms with Crippen LogP contribution in [0.15, 0.2) is 36.4 Å². The first-order valence-corrected chi connectivity index (χ1v) is 6.99. The lowest BCUT2D eigenvalue weighted by atomic mass is 9.92. The van der Waals surface area contributed by atoms with Gasteiger partial charge in [0.25, 0.3) is 0 Å². The number of hydrogen-bond donors (Lipinski definition) is 3. The number of phenolic OH excluding ortho intramolecular Hbond substituents is 1. The van der Waals surface area contributed by atoms with Crippen molar-refractivity contribution in [1.82, 2.24) is 0 Å². The summed E-state index contributed by atoms with van der Waals surface area (Å²) in [6, 6.07) is 4.20. The van der Waals surface area contributed by atoms with Crippen molar-refractivity contribution in [3.8, 4) is 5.75 Å². The van der Waals surface area contributed by atoms with Crippen LogP contribution in [0.5, 0.6) is 5.75 Å². The minimum Gasteiger partial charge on any atom is -0.505 e. The van der Waals surface area contributed by atoms with Gasteiger partial charge in [-0.25, -0.2) is 4.39 Å². The van der Waals surface area contributed by atoms with E-state index in [1.54, 1.807) is 25.1 Å². The van der Waals surface area contributed by atoms with Gasteiger partial charge in [0.15, 0.2) is 11.6 Å². The van der Waals surface area contributed by atoms with Crippen molar-refractivity contribution in [2.45, 2.75) is 38.9 Å². The first-order chi connectivity index (χ1) is 9.85. The Bertz CT molecular complexity index is 509. The second-order valence-corrected chi connectivity index (χ2v) is 5.36. The molecule has 3 nitrogen and oxygen atoms in total. The van der Waals surface area contributed by atoms with Crippen LogP contribution in [0.1, 0.15) is 32.3 Å². The van der Waals surface area contributed by atoms with E-state index >= 15 is 0 Å². The quantitative estimate of drug-likeness (QED) is 0.676. The highest BCUT2D eigenvalue weighted by Gasteiger charge is 2.20. The molecule has 0 amide bonds. The van der Waals surface area contributed by atoms with Crippen LogP contribution >= 0.6 is 0 Å². The van der Waals surface area contributed by atoms with Crippen molar-refractivity contribution in [3.63, 3.8) is 0 Å². The number of benzene rings is 1. The molecule has 1 rings (SSSR count). The molecule has 0 spiro atoms. The van der Waals surface area contributed by atoms with Gasteiger partial charge < -0.3 is 15.3 Å². The number of hydrogen-bond acceptors (Lipinski definition) is 3. The Hall–Kier alpha value is -1.65. The molecule has 0 bridgehead atoms. The molecular formula is C17H23FO3. The van der Waals surface area contributed by atoms with Crippen LogP contribution < -0.4 is 0 Å². The van der Waals surface area contributed by atoms with Crippen molar-refractivity contribution in [3.05, 3.63) is 47.8 Å². The van der Waals surface area contributed by atoms with Gasteiger partial charge in [0, 0.05) is 5.92 Å². The summed E-state index contributed by atoms with van der Waals surface area (Å²) < 4.78 is 13.2. The zero-order valence-corrected chi connectivity index (χ0v) is 12.5. The summed E-state index contributed by atoms with van der Waals surface area (Å²) in [5, 5.41) is 28.7. The maximum absolute atomic E-state index is 13.2. The van der Waals surface area contributed by atoms with Gasteiger partial charge in [-0.1, -0.05) is 23.8 Å². The summed E-state index contributed by atoms with van der Waals surface area (Å²) in [7, 11) is 0. The minimum absolute atomic E-state index is 0.357. The predicted molar refractivity (Wildman–Crippen MR) is 82.3 cm³/mol. The molecule has 21 heavy (non-hydrogen) atoms. The fraction of sp³-hybridized carbons (Fsp3) is 0.412. The first-order valence-electron chi connectivity index (χ1n) is 6.99. The lowest BCUT2D eigenvalue weighted by Crippen LogP contribution is -2.28. The Balaban J connectivity index is 2.64. The van der Waals surface area contributed by atoms with Crippen molar-refractivity contribution < 1.29 is 19.7 Å². The number of rotatable bonds is 7. The Labute approximate surface area is 125 Å². The summed E-state index contributed by atoms with van der Waals surface area (Å²) in [5.74, 6) is -1.38. The van der Waals surface area contributed by atoms with E-state index in [1.165, 1.54) is 12.1 Å². The van der Waals surface area contributed by atoms with E-state index in [0.29, 0.717) is 18.4 Å². The van der Waals surface area contributed by atoms with Gasteiger partial charge in [-0.15, -0.1) is 6.58 Å². The van der Waals surface area contributed by atoms with Crippen LogP contribution in [0.4, 0.5) is 4.39 Å². The second kappa shape index (κ2) is 7.96. The molecule has 0 unspecified atom stereocenters. The van der Waals surface area contributed by atoms with E-state index in [0.717, 1.165) is 5.57 Å². The molecule has 116 valence electrons. The lowest BCUT2D eigenvalue weighted by molar-refractivity contribution is 0.0422. The van der Waals surface area contributed by atoms with E-state index in [1.807, 2.05) is 6.92 Å². The van der Waals surface area contributed by atoms with Crippen LogP contribution in [-0.4, -0.2) is 27.5 Å². The highest BCUT2D eigenvalue weighted by molar-refractivity contribution is 5.53. The fourth-order valence-corrected chi connectivity index (χ4v) is 2.21. The van der Waals surface area contributed by atoms with Gasteiger partial charge in [-0.3, -0.25) is 0 Å². The molecule has 3 atom stereocenters. The third kappa shape index (κ3) is 5.33. The van der Waals surface area contributed by atoms with Gasteiger partial charge in [0.05, 0.1) is 12.2 Å². The molecule has 0 saturated carbocycles. The van der Waals surface area contributed by atoms with Crippen LogP contribution in [0.3, 0.4) is 0 Å². The molecule has 0 aromatic heterocycles. The molecule has 1 aromatic carbocycles. The second-order valence-electron chi connectivity index (χ2n) is 5.36. The average molecular weight is 294 g/mol. The first kappa shape index (κ1) is 17.4. The molecule has 0 heterocycles. The van der Waals surface area contributed by atoms with E-state index in [4.69, 9.17) is 5.11 Å². The van der Waals surface area contributed by atoms with E-state index < -0.39 is 18.0 Å². The van der Waals surface area contributed by atoms with Crippen LogP contribution in [0.25, 0.3) is 6.08 Å². The van der Waals surface area contributed by atoms with Crippen molar-refractivity contribution in [2.75, 3.05) is 0 Å². The minimum atomic E-state index is -0.664. The standard InChI is InChI=1S/C17H23FO3/c1-4-14(12(3)19)16(20)7-5-11(2)9-13-6-8-17(21)15(18)10-13/h4,6,8-10,12,14,16,19-21H,1,5,7H2,2-3H3/b11-9+/t12-,14+,16-/m1/s1. The van der Waals surface area contributed by atoms with Gasteiger partial charge in [0.2, 0.25) is 0 Å². The summed E-state index contributed by atoms with van der Waals surface area (Å²) in [6.07, 6.45) is 3.17. The highest BCUT2D eigenvalue weighted by Crippen LogP contribution is 2.21. The number of aliphatic hydroxyl groups excluding tert-OH is 2. The lowest BCUT2D eigenvalue weighted by Gasteiger charge is -2.22. The maximum Gasteiger partial charge on any atom is 0.165 e. The average Bonchev–Trinajstić information content (AvgIpc) is 2.41. The zero-order chi connectivity index (χ0) is 16.0. The summed E-state index contributed by atoms with van der Waals surface area (Å²) in [4.78, 5) is 0. The Morgan fingerprint density at radius 1 is 1.38 bits per heavy atom. The number of aliphatic hydroxyl groups is 2. The SMILES string of the molecule is C=C[C@H]([C@H](O)CC/C(C)=C/c1ccc(O)c(F)c1)[C@@H](C)O. The number of halogens is 1. The third-order valence-corrected chi connectivity index (χ3v) is 3.49. The normalized spacial score (nSPS) is 16.3. The number of phenols is 1. The topological polar surface area (TPSA) is 60.7 Å². The van der Waals surface area contributed by atoms with E-state index in [9.17, 15) is 14.6 Å². The highest BCUT2D eigenvalue weighted by atomic mass is 19.1. The molecule has 0 aliphatic heterocycles. The van der Waals surface area contributed by atoms with Gasteiger partial charge >= 0.3 is 0 Å². The van der Waals surface area contributed by atoms with Crippen molar-refractivity contribution in [2.24, 2.45) is 5.92 Å². The van der Waals surface area contributed by atoms with Gasteiger partial charge in [-0.05, 0) is 44.4 Å². The molecule has 0 saturated heterocycles. The van der Waals surface area contributed by atoms with Crippen molar-refractivity contribution >= 4 is 6.08 Å². The number of aromatic hydroxyl groups is 1.